The first kappa shape index (κ1) is 9.20. The van der Waals surface area contributed by atoms with Crippen LogP contribution in [0.15, 0.2) is 42.6 Å². The van der Waals surface area contributed by atoms with Crippen molar-refractivity contribution < 1.29 is 4.57 Å². The smallest absolute Gasteiger partial charge is 0.194 e. The average molecular weight is 186 g/mol. The molecule has 0 aliphatic carbocycles. The largest absolute Gasteiger partial charge is 0.212 e. The molecule has 0 N–H and O–H groups in total. The normalized spacial score (nSPS) is 11.9. The van der Waals surface area contributed by atoms with E-state index in [9.17, 15) is 0 Å². The van der Waals surface area contributed by atoms with Gasteiger partial charge in [-0.15, -0.1) is 0 Å². The first-order chi connectivity index (χ1) is 6.59. The number of nitrogens with zero attached hydrogens (tertiary/aromatic N) is 1. The topological polar surface area (TPSA) is 3.88 Å². The standard InChI is InChI=1S/C13H16N/c1-13(2,3)14-10-6-8-11-7-4-5-9-12(11)14/h4-10H,1-3H3/q+1. The van der Waals surface area contributed by atoms with Crippen molar-refractivity contribution in [2.45, 2.75) is 26.3 Å². The molecule has 1 aromatic heterocycles. The lowest BCUT2D eigenvalue weighted by molar-refractivity contribution is -0.730. The number of fused-ring (bicyclic) bond motifs is 1. The number of para-hydroxylation sites is 1. The van der Waals surface area contributed by atoms with Gasteiger partial charge in [0.1, 0.15) is 0 Å². The summed E-state index contributed by atoms with van der Waals surface area (Å²) < 4.78 is 2.31. The monoisotopic (exact) mass is 186 g/mol. The molecule has 0 spiro atoms. The van der Waals surface area contributed by atoms with E-state index in [-0.39, 0.29) is 5.54 Å². The Morgan fingerprint density at radius 1 is 0.929 bits per heavy atom. The molecule has 0 aliphatic rings. The van der Waals surface area contributed by atoms with Crippen LogP contribution >= 0.6 is 0 Å². The third kappa shape index (κ3) is 1.50. The van der Waals surface area contributed by atoms with Gasteiger partial charge in [0.15, 0.2) is 11.7 Å². The third-order valence-corrected chi connectivity index (χ3v) is 2.43. The van der Waals surface area contributed by atoms with E-state index in [1.54, 1.807) is 0 Å². The van der Waals surface area contributed by atoms with E-state index in [0.717, 1.165) is 0 Å². The molecule has 0 bridgehead atoms. The first-order valence-electron chi connectivity index (χ1n) is 4.99. The second-order valence-electron chi connectivity index (χ2n) is 4.61. The van der Waals surface area contributed by atoms with Gasteiger partial charge in [-0.05, 0) is 12.1 Å². The van der Waals surface area contributed by atoms with Gasteiger partial charge >= 0.3 is 0 Å². The van der Waals surface area contributed by atoms with E-state index in [0.29, 0.717) is 0 Å². The van der Waals surface area contributed by atoms with Crippen molar-refractivity contribution in [3.8, 4) is 0 Å². The molecule has 0 radical (unpaired) electrons. The van der Waals surface area contributed by atoms with Gasteiger partial charge in [-0.2, -0.15) is 4.57 Å². The van der Waals surface area contributed by atoms with E-state index in [1.807, 2.05) is 0 Å². The van der Waals surface area contributed by atoms with Gasteiger partial charge < -0.3 is 0 Å². The SMILES string of the molecule is CC(C)(C)[n+]1cccc2ccccc21. The first-order valence-corrected chi connectivity index (χ1v) is 4.99. The Bertz CT molecular complexity index is 447. The van der Waals surface area contributed by atoms with Gasteiger partial charge in [0.05, 0.1) is 0 Å². The molecule has 14 heavy (non-hydrogen) atoms. The molecule has 0 amide bonds. The Balaban J connectivity index is 2.78. The van der Waals surface area contributed by atoms with Crippen molar-refractivity contribution in [1.82, 2.24) is 0 Å². The molecule has 0 unspecified atom stereocenters. The number of hydrogen-bond donors (Lipinski definition) is 0. The van der Waals surface area contributed by atoms with Crippen molar-refractivity contribution in [2.24, 2.45) is 0 Å². The summed E-state index contributed by atoms with van der Waals surface area (Å²) in [5.74, 6) is 0. The Hall–Kier alpha value is -1.37. The minimum Gasteiger partial charge on any atom is -0.194 e. The maximum Gasteiger partial charge on any atom is 0.212 e. The van der Waals surface area contributed by atoms with E-state index in [1.165, 1.54) is 10.9 Å². The van der Waals surface area contributed by atoms with Crippen LogP contribution in [0, 0.1) is 0 Å². The van der Waals surface area contributed by atoms with Crippen LogP contribution in [0.2, 0.25) is 0 Å². The third-order valence-electron chi connectivity index (χ3n) is 2.43. The van der Waals surface area contributed by atoms with E-state index in [2.05, 4.69) is 67.9 Å². The molecule has 72 valence electrons. The highest BCUT2D eigenvalue weighted by atomic mass is 15.0. The Morgan fingerprint density at radius 2 is 1.57 bits per heavy atom. The van der Waals surface area contributed by atoms with Crippen LogP contribution in [0.5, 0.6) is 0 Å². The summed E-state index contributed by atoms with van der Waals surface area (Å²) in [7, 11) is 0. The van der Waals surface area contributed by atoms with Crippen LogP contribution in [-0.4, -0.2) is 0 Å². The summed E-state index contributed by atoms with van der Waals surface area (Å²) in [6.07, 6.45) is 2.14. The van der Waals surface area contributed by atoms with Crippen LogP contribution in [0.3, 0.4) is 0 Å². The molecule has 1 heteroatoms. The van der Waals surface area contributed by atoms with Crippen molar-refractivity contribution >= 4 is 10.9 Å². The average Bonchev–Trinajstić information content (AvgIpc) is 2.15. The molecular weight excluding hydrogens is 170 g/mol. The molecule has 0 aliphatic heterocycles. The Morgan fingerprint density at radius 3 is 2.29 bits per heavy atom. The fourth-order valence-electron chi connectivity index (χ4n) is 1.75. The van der Waals surface area contributed by atoms with Crippen LogP contribution in [0.4, 0.5) is 0 Å². The number of aromatic nitrogens is 1. The van der Waals surface area contributed by atoms with Crippen LogP contribution < -0.4 is 4.57 Å². The van der Waals surface area contributed by atoms with Crippen LogP contribution in [0.1, 0.15) is 20.8 Å². The highest BCUT2D eigenvalue weighted by Gasteiger charge is 2.23. The van der Waals surface area contributed by atoms with Crippen LogP contribution in [0.25, 0.3) is 10.9 Å². The molecule has 2 rings (SSSR count). The fourth-order valence-corrected chi connectivity index (χ4v) is 1.75. The second kappa shape index (κ2) is 3.09. The van der Waals surface area contributed by atoms with Crippen molar-refractivity contribution in [2.75, 3.05) is 0 Å². The van der Waals surface area contributed by atoms with Gasteiger partial charge in [0.2, 0.25) is 5.52 Å². The molecule has 0 fully saturated rings. The summed E-state index contributed by atoms with van der Waals surface area (Å²) in [6.45, 7) is 6.66. The molecular formula is C13H16N+. The zero-order valence-electron chi connectivity index (χ0n) is 8.99. The summed E-state index contributed by atoms with van der Waals surface area (Å²) in [4.78, 5) is 0. The van der Waals surface area contributed by atoms with Gasteiger partial charge in [0.25, 0.3) is 0 Å². The predicted octanol–water partition coefficient (Wildman–Crippen LogP) is 2.88. The zero-order valence-corrected chi connectivity index (χ0v) is 8.99. The lowest BCUT2D eigenvalue weighted by atomic mass is 10.1. The zero-order chi connectivity index (χ0) is 10.2. The van der Waals surface area contributed by atoms with E-state index < -0.39 is 0 Å². The van der Waals surface area contributed by atoms with Crippen molar-refractivity contribution in [1.29, 1.82) is 0 Å². The van der Waals surface area contributed by atoms with E-state index in [4.69, 9.17) is 0 Å². The highest BCUT2D eigenvalue weighted by Crippen LogP contribution is 2.13. The van der Waals surface area contributed by atoms with E-state index >= 15 is 0 Å². The maximum atomic E-state index is 2.31. The Kier molecular flexibility index (Phi) is 2.03. The van der Waals surface area contributed by atoms with Crippen LogP contribution in [-0.2, 0) is 5.54 Å². The molecule has 0 saturated carbocycles. The van der Waals surface area contributed by atoms with Crippen molar-refractivity contribution in [3.05, 3.63) is 42.6 Å². The van der Waals surface area contributed by atoms with Gasteiger partial charge in [0, 0.05) is 38.3 Å². The summed E-state index contributed by atoms with van der Waals surface area (Å²) in [5.41, 5.74) is 1.43. The quantitative estimate of drug-likeness (QED) is 0.557. The number of pyridine rings is 1. The second-order valence-corrected chi connectivity index (χ2v) is 4.61. The molecule has 2 aromatic rings. The summed E-state index contributed by atoms with van der Waals surface area (Å²) in [6, 6.07) is 12.7. The molecule has 0 saturated heterocycles. The maximum absolute atomic E-state index is 2.31. The fraction of sp³-hybridized carbons (Fsp3) is 0.308. The minimum atomic E-state index is 0.140. The highest BCUT2D eigenvalue weighted by molar-refractivity contribution is 5.75. The minimum absolute atomic E-state index is 0.140. The lowest BCUT2D eigenvalue weighted by Crippen LogP contribution is -2.50. The molecule has 0 atom stereocenters. The van der Waals surface area contributed by atoms with Crippen molar-refractivity contribution in [3.63, 3.8) is 0 Å². The predicted molar refractivity (Wildman–Crippen MR) is 59.1 cm³/mol. The van der Waals surface area contributed by atoms with Gasteiger partial charge in [-0.3, -0.25) is 0 Å². The number of rotatable bonds is 0. The number of benzene rings is 1. The Labute approximate surface area is 85.0 Å². The molecule has 1 nitrogen and oxygen atoms in total. The molecule has 1 aromatic carbocycles. The summed E-state index contributed by atoms with van der Waals surface area (Å²) >= 11 is 0. The number of hydrogen-bond acceptors (Lipinski definition) is 0. The summed E-state index contributed by atoms with van der Waals surface area (Å²) in [5, 5.41) is 1.30. The van der Waals surface area contributed by atoms with Gasteiger partial charge in [-0.1, -0.05) is 12.1 Å². The molecule has 1 heterocycles. The lowest BCUT2D eigenvalue weighted by Gasteiger charge is -2.14. The van der Waals surface area contributed by atoms with Gasteiger partial charge in [-0.25, -0.2) is 0 Å².